The van der Waals surface area contributed by atoms with Crippen molar-refractivity contribution in [3.8, 4) is 0 Å². The number of hydrogen-bond donors (Lipinski definition) is 2. The quantitative estimate of drug-likeness (QED) is 0.431. The average molecular weight is 142 g/mol. The Morgan fingerprint density at radius 1 is 0.900 bits per heavy atom. The summed E-state index contributed by atoms with van der Waals surface area (Å²) < 4.78 is 0. The van der Waals surface area contributed by atoms with Crippen molar-refractivity contribution in [2.75, 3.05) is 0 Å². The summed E-state index contributed by atoms with van der Waals surface area (Å²) in [7, 11) is 0. The Hall–Kier alpha value is -0.0800. The molecule has 0 unspecified atom stereocenters. The van der Waals surface area contributed by atoms with Crippen LogP contribution in [0.4, 0.5) is 0 Å². The van der Waals surface area contributed by atoms with Crippen LogP contribution in [0.1, 0.15) is 44.9 Å². The van der Waals surface area contributed by atoms with E-state index in [4.69, 9.17) is 5.84 Å². The summed E-state index contributed by atoms with van der Waals surface area (Å²) in [6, 6.07) is 0.597. The van der Waals surface area contributed by atoms with Gasteiger partial charge in [0.2, 0.25) is 0 Å². The van der Waals surface area contributed by atoms with Gasteiger partial charge in [0.05, 0.1) is 0 Å². The minimum atomic E-state index is 0.597. The van der Waals surface area contributed by atoms with Crippen LogP contribution in [0.5, 0.6) is 0 Å². The summed E-state index contributed by atoms with van der Waals surface area (Å²) in [5, 5.41) is 0. The molecular formula is C8H18N2. The molecule has 1 fully saturated rings. The van der Waals surface area contributed by atoms with E-state index in [0.717, 1.165) is 0 Å². The number of nitrogens with one attached hydrogen (secondary N) is 1. The first-order valence-electron chi connectivity index (χ1n) is 4.39. The van der Waals surface area contributed by atoms with E-state index in [1.807, 2.05) is 0 Å². The van der Waals surface area contributed by atoms with Gasteiger partial charge in [-0.15, -0.1) is 0 Å². The van der Waals surface area contributed by atoms with Crippen molar-refractivity contribution in [3.63, 3.8) is 0 Å². The van der Waals surface area contributed by atoms with Gasteiger partial charge in [-0.2, -0.15) is 0 Å². The fourth-order valence-electron chi connectivity index (χ4n) is 1.62. The van der Waals surface area contributed by atoms with Crippen molar-refractivity contribution < 1.29 is 0 Å². The maximum atomic E-state index is 5.37. The van der Waals surface area contributed by atoms with Gasteiger partial charge in [0.15, 0.2) is 0 Å². The number of nitrogens with two attached hydrogens (primary N) is 1. The molecule has 3 N–H and O–H groups in total. The lowest BCUT2D eigenvalue weighted by Gasteiger charge is -2.17. The van der Waals surface area contributed by atoms with Gasteiger partial charge in [0, 0.05) is 6.04 Å². The van der Waals surface area contributed by atoms with Crippen LogP contribution < -0.4 is 11.3 Å². The van der Waals surface area contributed by atoms with E-state index in [0.29, 0.717) is 6.04 Å². The second-order valence-corrected chi connectivity index (χ2v) is 3.21. The molecule has 0 saturated heterocycles. The SMILES string of the molecule is NNC1CCCCCCC1. The molecule has 0 bridgehead atoms. The van der Waals surface area contributed by atoms with E-state index in [9.17, 15) is 0 Å². The van der Waals surface area contributed by atoms with Gasteiger partial charge in [-0.25, -0.2) is 0 Å². The van der Waals surface area contributed by atoms with Gasteiger partial charge in [-0.05, 0) is 12.8 Å². The summed E-state index contributed by atoms with van der Waals surface area (Å²) >= 11 is 0. The summed E-state index contributed by atoms with van der Waals surface area (Å²) in [5.41, 5.74) is 2.87. The van der Waals surface area contributed by atoms with Gasteiger partial charge >= 0.3 is 0 Å². The van der Waals surface area contributed by atoms with Gasteiger partial charge in [-0.3, -0.25) is 11.3 Å². The smallest absolute Gasteiger partial charge is 0.0210 e. The van der Waals surface area contributed by atoms with Crippen molar-refractivity contribution in [1.82, 2.24) is 5.43 Å². The Morgan fingerprint density at radius 3 is 1.90 bits per heavy atom. The normalized spacial score (nSPS) is 23.7. The van der Waals surface area contributed by atoms with Crippen LogP contribution in [0.2, 0.25) is 0 Å². The molecule has 2 heteroatoms. The third-order valence-electron chi connectivity index (χ3n) is 2.34. The third-order valence-corrected chi connectivity index (χ3v) is 2.34. The fraction of sp³-hybridized carbons (Fsp3) is 1.00. The Bertz CT molecular complexity index is 75.3. The molecule has 0 atom stereocenters. The molecule has 1 saturated carbocycles. The van der Waals surface area contributed by atoms with E-state index in [1.54, 1.807) is 0 Å². The Morgan fingerprint density at radius 2 is 1.40 bits per heavy atom. The maximum Gasteiger partial charge on any atom is 0.0210 e. The Balaban J connectivity index is 2.16. The molecular weight excluding hydrogens is 124 g/mol. The highest BCUT2D eigenvalue weighted by molar-refractivity contribution is 4.66. The van der Waals surface area contributed by atoms with Crippen LogP contribution >= 0.6 is 0 Å². The highest BCUT2D eigenvalue weighted by Gasteiger charge is 2.07. The van der Waals surface area contributed by atoms with Crippen molar-refractivity contribution in [2.24, 2.45) is 5.84 Å². The van der Waals surface area contributed by atoms with Crippen molar-refractivity contribution in [1.29, 1.82) is 0 Å². The lowest BCUT2D eigenvalue weighted by Crippen LogP contribution is -2.35. The van der Waals surface area contributed by atoms with E-state index < -0.39 is 0 Å². The first-order chi connectivity index (χ1) is 4.93. The molecule has 1 rings (SSSR count). The van der Waals surface area contributed by atoms with E-state index in [-0.39, 0.29) is 0 Å². The molecule has 0 aromatic heterocycles. The number of rotatable bonds is 1. The molecule has 0 aromatic carbocycles. The minimum Gasteiger partial charge on any atom is -0.271 e. The molecule has 0 spiro atoms. The molecule has 60 valence electrons. The Labute approximate surface area is 63.1 Å². The molecule has 0 radical (unpaired) electrons. The zero-order valence-corrected chi connectivity index (χ0v) is 6.60. The molecule has 1 aliphatic carbocycles. The lowest BCUT2D eigenvalue weighted by molar-refractivity contribution is 0.396. The topological polar surface area (TPSA) is 38.0 Å². The Kier molecular flexibility index (Phi) is 3.76. The first-order valence-corrected chi connectivity index (χ1v) is 4.39. The van der Waals surface area contributed by atoms with Gasteiger partial charge in [0.25, 0.3) is 0 Å². The predicted molar refractivity (Wildman–Crippen MR) is 43.4 cm³/mol. The van der Waals surface area contributed by atoms with Gasteiger partial charge < -0.3 is 0 Å². The largest absolute Gasteiger partial charge is 0.271 e. The van der Waals surface area contributed by atoms with E-state index in [1.165, 1.54) is 44.9 Å². The predicted octanol–water partition coefficient (Wildman–Crippen LogP) is 1.56. The fourth-order valence-corrected chi connectivity index (χ4v) is 1.62. The molecule has 2 nitrogen and oxygen atoms in total. The summed E-state index contributed by atoms with van der Waals surface area (Å²) in [4.78, 5) is 0. The van der Waals surface area contributed by atoms with E-state index >= 15 is 0 Å². The molecule has 0 heterocycles. The van der Waals surface area contributed by atoms with Crippen LogP contribution in [-0.2, 0) is 0 Å². The molecule has 1 aliphatic rings. The van der Waals surface area contributed by atoms with Crippen LogP contribution in [0.3, 0.4) is 0 Å². The van der Waals surface area contributed by atoms with E-state index in [2.05, 4.69) is 5.43 Å². The molecule has 10 heavy (non-hydrogen) atoms. The second-order valence-electron chi connectivity index (χ2n) is 3.21. The summed E-state index contributed by atoms with van der Waals surface area (Å²) in [5.74, 6) is 5.37. The summed E-state index contributed by atoms with van der Waals surface area (Å²) in [6.45, 7) is 0. The number of hydrogen-bond acceptors (Lipinski definition) is 2. The standard InChI is InChI=1S/C8H18N2/c9-10-8-6-4-2-1-3-5-7-8/h8,10H,1-7,9H2. The second kappa shape index (κ2) is 4.69. The van der Waals surface area contributed by atoms with Crippen LogP contribution in [0, 0.1) is 0 Å². The minimum absolute atomic E-state index is 0.597. The average Bonchev–Trinajstić information content (AvgIpc) is 1.87. The molecule has 0 amide bonds. The lowest BCUT2D eigenvalue weighted by atomic mass is 9.97. The number of hydrazine groups is 1. The van der Waals surface area contributed by atoms with Crippen LogP contribution in [0.15, 0.2) is 0 Å². The highest BCUT2D eigenvalue weighted by atomic mass is 15.2. The van der Waals surface area contributed by atoms with Gasteiger partial charge in [-0.1, -0.05) is 32.1 Å². The monoisotopic (exact) mass is 142 g/mol. The summed E-state index contributed by atoms with van der Waals surface area (Å²) in [6.07, 6.45) is 9.49. The third kappa shape index (κ3) is 2.67. The van der Waals surface area contributed by atoms with Crippen LogP contribution in [0.25, 0.3) is 0 Å². The van der Waals surface area contributed by atoms with Crippen LogP contribution in [-0.4, -0.2) is 6.04 Å². The van der Waals surface area contributed by atoms with Crippen molar-refractivity contribution in [2.45, 2.75) is 51.0 Å². The zero-order chi connectivity index (χ0) is 7.23. The van der Waals surface area contributed by atoms with Gasteiger partial charge in [0.1, 0.15) is 0 Å². The first kappa shape index (κ1) is 8.02. The zero-order valence-electron chi connectivity index (χ0n) is 6.60. The highest BCUT2D eigenvalue weighted by Crippen LogP contribution is 2.16. The molecule has 0 aromatic rings. The van der Waals surface area contributed by atoms with Crippen molar-refractivity contribution >= 4 is 0 Å². The maximum absolute atomic E-state index is 5.37. The molecule has 0 aliphatic heterocycles. The van der Waals surface area contributed by atoms with Crippen molar-refractivity contribution in [3.05, 3.63) is 0 Å².